The molecule has 0 aliphatic carbocycles. The Bertz CT molecular complexity index is 473. The Morgan fingerprint density at radius 2 is 2.00 bits per heavy atom. The molecule has 0 aliphatic rings. The molecule has 2 N–H and O–H groups in total. The Morgan fingerprint density at radius 3 is 2.60 bits per heavy atom. The molecule has 0 spiro atoms. The van der Waals surface area contributed by atoms with Crippen LogP contribution in [0.5, 0.6) is 0 Å². The Kier molecular flexibility index (Phi) is 2.41. The van der Waals surface area contributed by atoms with Crippen LogP contribution in [-0.2, 0) is 6.54 Å². The quantitative estimate of drug-likeness (QED) is 0.803. The van der Waals surface area contributed by atoms with E-state index in [4.69, 9.17) is 5.73 Å². The summed E-state index contributed by atoms with van der Waals surface area (Å²) in [6, 6.07) is 8.23. The molecule has 4 heteroatoms. The lowest BCUT2D eigenvalue weighted by molar-refractivity contribution is 0.660. The highest BCUT2D eigenvalue weighted by atomic mass is 15.4. The Hall–Kier alpha value is -1.84. The maximum Gasteiger partial charge on any atom is 0.239 e. The first-order valence-corrected chi connectivity index (χ1v) is 4.88. The minimum absolute atomic E-state index is 0.334. The van der Waals surface area contributed by atoms with Gasteiger partial charge in [-0.3, -0.25) is 0 Å². The van der Waals surface area contributed by atoms with Crippen LogP contribution < -0.4 is 5.73 Å². The standard InChI is InChI=1S/C11H14N4/c1-8-5-3-4-6-10(8)7-15-9(2)13-11(12)14-15/h3-6H,7H2,1-2H3,(H2,12,14). The van der Waals surface area contributed by atoms with E-state index in [2.05, 4.69) is 29.1 Å². The van der Waals surface area contributed by atoms with Gasteiger partial charge in [0.05, 0.1) is 6.54 Å². The number of nitrogens with two attached hydrogens (primary N) is 1. The monoisotopic (exact) mass is 202 g/mol. The van der Waals surface area contributed by atoms with E-state index in [1.54, 1.807) is 0 Å². The van der Waals surface area contributed by atoms with Gasteiger partial charge in [-0.05, 0) is 25.0 Å². The average Bonchev–Trinajstić information content (AvgIpc) is 2.49. The van der Waals surface area contributed by atoms with Gasteiger partial charge in [0, 0.05) is 0 Å². The summed E-state index contributed by atoms with van der Waals surface area (Å²) < 4.78 is 1.82. The van der Waals surface area contributed by atoms with Gasteiger partial charge in [0.2, 0.25) is 5.95 Å². The van der Waals surface area contributed by atoms with Crippen LogP contribution in [0, 0.1) is 13.8 Å². The van der Waals surface area contributed by atoms with E-state index < -0.39 is 0 Å². The highest BCUT2D eigenvalue weighted by Crippen LogP contribution is 2.10. The summed E-state index contributed by atoms with van der Waals surface area (Å²) in [7, 11) is 0. The molecular weight excluding hydrogens is 188 g/mol. The van der Waals surface area contributed by atoms with E-state index in [1.807, 2.05) is 23.7 Å². The van der Waals surface area contributed by atoms with Gasteiger partial charge >= 0.3 is 0 Å². The molecule has 0 saturated carbocycles. The molecule has 15 heavy (non-hydrogen) atoms. The van der Waals surface area contributed by atoms with E-state index in [-0.39, 0.29) is 0 Å². The highest BCUT2D eigenvalue weighted by molar-refractivity contribution is 5.26. The van der Waals surface area contributed by atoms with Crippen molar-refractivity contribution in [2.24, 2.45) is 0 Å². The van der Waals surface area contributed by atoms with Crippen molar-refractivity contribution in [3.63, 3.8) is 0 Å². The van der Waals surface area contributed by atoms with Gasteiger partial charge in [0.1, 0.15) is 5.82 Å². The van der Waals surface area contributed by atoms with E-state index >= 15 is 0 Å². The van der Waals surface area contributed by atoms with Crippen LogP contribution >= 0.6 is 0 Å². The van der Waals surface area contributed by atoms with Crippen LogP contribution in [0.1, 0.15) is 17.0 Å². The minimum Gasteiger partial charge on any atom is -0.366 e. The molecular formula is C11H14N4. The molecule has 1 heterocycles. The lowest BCUT2D eigenvalue weighted by atomic mass is 10.1. The maximum absolute atomic E-state index is 5.53. The first kappa shape index (κ1) is 9.71. The summed E-state index contributed by atoms with van der Waals surface area (Å²) in [5.41, 5.74) is 8.02. The number of aromatic nitrogens is 3. The summed E-state index contributed by atoms with van der Waals surface area (Å²) in [6.45, 7) is 4.72. The summed E-state index contributed by atoms with van der Waals surface area (Å²) in [5, 5.41) is 4.13. The van der Waals surface area contributed by atoms with Crippen molar-refractivity contribution in [1.82, 2.24) is 14.8 Å². The first-order chi connectivity index (χ1) is 7.16. The highest BCUT2D eigenvalue weighted by Gasteiger charge is 2.04. The van der Waals surface area contributed by atoms with Gasteiger partial charge in [0.25, 0.3) is 0 Å². The van der Waals surface area contributed by atoms with Crippen molar-refractivity contribution in [2.75, 3.05) is 5.73 Å². The third-order valence-electron chi connectivity index (χ3n) is 2.45. The van der Waals surface area contributed by atoms with Crippen LogP contribution in [0.15, 0.2) is 24.3 Å². The Morgan fingerprint density at radius 1 is 1.27 bits per heavy atom. The van der Waals surface area contributed by atoms with E-state index in [0.29, 0.717) is 5.95 Å². The van der Waals surface area contributed by atoms with Gasteiger partial charge in [0.15, 0.2) is 0 Å². The molecule has 4 nitrogen and oxygen atoms in total. The molecule has 2 aromatic rings. The Balaban J connectivity index is 2.29. The molecule has 1 aromatic carbocycles. The molecule has 0 fully saturated rings. The number of rotatable bonds is 2. The van der Waals surface area contributed by atoms with E-state index in [1.165, 1.54) is 11.1 Å². The second kappa shape index (κ2) is 3.73. The third-order valence-corrected chi connectivity index (χ3v) is 2.45. The molecule has 0 amide bonds. The molecule has 0 radical (unpaired) electrons. The molecule has 78 valence electrons. The number of benzene rings is 1. The van der Waals surface area contributed by atoms with Crippen LogP contribution in [-0.4, -0.2) is 14.8 Å². The zero-order chi connectivity index (χ0) is 10.8. The summed E-state index contributed by atoms with van der Waals surface area (Å²) >= 11 is 0. The van der Waals surface area contributed by atoms with Gasteiger partial charge in [-0.25, -0.2) is 4.68 Å². The smallest absolute Gasteiger partial charge is 0.239 e. The molecule has 0 unspecified atom stereocenters. The fourth-order valence-electron chi connectivity index (χ4n) is 1.54. The van der Waals surface area contributed by atoms with E-state index in [9.17, 15) is 0 Å². The summed E-state index contributed by atoms with van der Waals surface area (Å²) in [4.78, 5) is 4.07. The zero-order valence-electron chi connectivity index (χ0n) is 8.94. The SMILES string of the molecule is Cc1ccccc1Cn1nc(N)nc1C. The number of aryl methyl sites for hydroxylation is 2. The predicted molar refractivity (Wildman–Crippen MR) is 59.5 cm³/mol. The number of anilines is 1. The fraction of sp³-hybridized carbons (Fsp3) is 0.273. The van der Waals surface area contributed by atoms with Crippen LogP contribution in [0.25, 0.3) is 0 Å². The summed E-state index contributed by atoms with van der Waals surface area (Å²) in [6.07, 6.45) is 0. The Labute approximate surface area is 88.8 Å². The van der Waals surface area contributed by atoms with Crippen molar-refractivity contribution in [3.8, 4) is 0 Å². The zero-order valence-corrected chi connectivity index (χ0v) is 8.94. The predicted octanol–water partition coefficient (Wildman–Crippen LogP) is 1.53. The van der Waals surface area contributed by atoms with Crippen molar-refractivity contribution >= 4 is 5.95 Å². The van der Waals surface area contributed by atoms with Crippen molar-refractivity contribution in [3.05, 3.63) is 41.2 Å². The number of hydrogen-bond donors (Lipinski definition) is 1. The minimum atomic E-state index is 0.334. The largest absolute Gasteiger partial charge is 0.366 e. The van der Waals surface area contributed by atoms with Gasteiger partial charge in [-0.1, -0.05) is 24.3 Å². The second-order valence-electron chi connectivity index (χ2n) is 3.60. The summed E-state index contributed by atoms with van der Waals surface area (Å²) in [5.74, 6) is 1.18. The molecule has 0 bridgehead atoms. The topological polar surface area (TPSA) is 56.7 Å². The molecule has 0 aliphatic heterocycles. The van der Waals surface area contributed by atoms with Gasteiger partial charge in [-0.15, -0.1) is 5.10 Å². The van der Waals surface area contributed by atoms with Gasteiger partial charge in [-0.2, -0.15) is 4.98 Å². The maximum atomic E-state index is 5.53. The number of nitrogen functional groups attached to an aromatic ring is 1. The van der Waals surface area contributed by atoms with Crippen LogP contribution in [0.2, 0.25) is 0 Å². The lowest BCUT2D eigenvalue weighted by Gasteiger charge is -2.05. The average molecular weight is 202 g/mol. The van der Waals surface area contributed by atoms with Crippen molar-refractivity contribution in [1.29, 1.82) is 0 Å². The normalized spacial score (nSPS) is 10.5. The fourth-order valence-corrected chi connectivity index (χ4v) is 1.54. The van der Waals surface area contributed by atoms with Crippen LogP contribution in [0.4, 0.5) is 5.95 Å². The molecule has 1 aromatic heterocycles. The lowest BCUT2D eigenvalue weighted by Crippen LogP contribution is -2.05. The van der Waals surface area contributed by atoms with E-state index in [0.717, 1.165) is 12.4 Å². The molecule has 0 saturated heterocycles. The molecule has 2 rings (SSSR count). The van der Waals surface area contributed by atoms with Crippen molar-refractivity contribution in [2.45, 2.75) is 20.4 Å². The van der Waals surface area contributed by atoms with Gasteiger partial charge < -0.3 is 5.73 Å². The number of nitrogens with zero attached hydrogens (tertiary/aromatic N) is 3. The first-order valence-electron chi connectivity index (χ1n) is 4.88. The molecule has 0 atom stereocenters. The third kappa shape index (κ3) is 1.98. The van der Waals surface area contributed by atoms with Crippen LogP contribution in [0.3, 0.4) is 0 Å². The number of hydrogen-bond acceptors (Lipinski definition) is 3. The van der Waals surface area contributed by atoms with Crippen molar-refractivity contribution < 1.29 is 0 Å². The second-order valence-corrected chi connectivity index (χ2v) is 3.60.